The number of methoxy groups -OCH3 is 1. The summed E-state index contributed by atoms with van der Waals surface area (Å²) in [5, 5.41) is 2.94. The Hall–Kier alpha value is -2.91. The number of aromatic nitrogens is 2. The molecule has 2 aliphatic heterocycles. The number of morpholine rings is 2. The minimum absolute atomic E-state index is 0.142. The van der Waals surface area contributed by atoms with Crippen LogP contribution >= 0.6 is 0 Å². The fraction of sp³-hybridized carbons (Fsp3) is 0.500. The molecular weight excluding hydrogens is 398 g/mol. The molecule has 2 aliphatic rings. The van der Waals surface area contributed by atoms with Gasteiger partial charge in [-0.05, 0) is 26.0 Å². The second-order valence-corrected chi connectivity index (χ2v) is 7.80. The number of hydrogen-bond acceptors (Lipinski definition) is 8. The van der Waals surface area contributed by atoms with Gasteiger partial charge in [-0.15, -0.1) is 0 Å². The van der Waals surface area contributed by atoms with Crippen LogP contribution in [0.1, 0.15) is 24.2 Å². The van der Waals surface area contributed by atoms with E-state index in [-0.39, 0.29) is 18.0 Å². The molecule has 2 atom stereocenters. The van der Waals surface area contributed by atoms with Crippen molar-refractivity contribution in [1.29, 1.82) is 0 Å². The molecule has 1 aromatic carbocycles. The fourth-order valence-corrected chi connectivity index (χ4v) is 3.87. The lowest BCUT2D eigenvalue weighted by molar-refractivity contribution is 0.0971. The van der Waals surface area contributed by atoms with Crippen molar-refractivity contribution in [2.45, 2.75) is 25.9 Å². The number of carbonyl (C=O) groups is 1. The summed E-state index contributed by atoms with van der Waals surface area (Å²) < 4.78 is 16.5. The number of nitrogens with one attached hydrogen (secondary N) is 1. The molecule has 0 bridgehead atoms. The molecule has 9 heteroatoms. The summed E-state index contributed by atoms with van der Waals surface area (Å²) in [5.41, 5.74) is 0.450. The topological polar surface area (TPSA) is 89.0 Å². The first-order chi connectivity index (χ1) is 15.1. The van der Waals surface area contributed by atoms with Gasteiger partial charge in [0.15, 0.2) is 0 Å². The largest absolute Gasteiger partial charge is 0.496 e. The quantitative estimate of drug-likeness (QED) is 0.777. The van der Waals surface area contributed by atoms with Crippen LogP contribution in [0, 0.1) is 0 Å². The van der Waals surface area contributed by atoms with Gasteiger partial charge in [0.1, 0.15) is 17.4 Å². The lowest BCUT2D eigenvalue weighted by Gasteiger charge is -2.36. The van der Waals surface area contributed by atoms with Gasteiger partial charge in [-0.25, -0.2) is 0 Å². The van der Waals surface area contributed by atoms with Crippen LogP contribution in [0.2, 0.25) is 0 Å². The van der Waals surface area contributed by atoms with E-state index < -0.39 is 0 Å². The molecule has 0 radical (unpaired) electrons. The molecule has 1 aromatic heterocycles. The van der Waals surface area contributed by atoms with E-state index in [0.29, 0.717) is 56.1 Å². The zero-order valence-electron chi connectivity index (χ0n) is 18.2. The number of rotatable bonds is 5. The van der Waals surface area contributed by atoms with Crippen LogP contribution in [0.25, 0.3) is 0 Å². The van der Waals surface area contributed by atoms with E-state index in [1.165, 1.54) is 0 Å². The number of benzene rings is 1. The van der Waals surface area contributed by atoms with Crippen molar-refractivity contribution in [3.8, 4) is 5.75 Å². The normalized spacial score (nSPS) is 21.6. The van der Waals surface area contributed by atoms with Crippen LogP contribution in [0.5, 0.6) is 5.75 Å². The van der Waals surface area contributed by atoms with Crippen LogP contribution in [-0.2, 0) is 9.47 Å². The van der Waals surface area contributed by atoms with Crippen LogP contribution < -0.4 is 19.9 Å². The summed E-state index contributed by atoms with van der Waals surface area (Å²) in [7, 11) is 1.55. The highest BCUT2D eigenvalue weighted by atomic mass is 16.5. The van der Waals surface area contributed by atoms with E-state index in [2.05, 4.69) is 33.9 Å². The highest BCUT2D eigenvalue weighted by molar-refractivity contribution is 6.05. The molecule has 2 saturated heterocycles. The van der Waals surface area contributed by atoms with Crippen LogP contribution in [0.3, 0.4) is 0 Å². The molecule has 1 amide bonds. The molecule has 9 nitrogen and oxygen atoms in total. The third-order valence-electron chi connectivity index (χ3n) is 5.58. The van der Waals surface area contributed by atoms with Gasteiger partial charge >= 0.3 is 0 Å². The summed E-state index contributed by atoms with van der Waals surface area (Å²) in [5.74, 6) is 2.04. The SMILES string of the molecule is COc1ccccc1C(=O)Nc1cc(N2CCOC[C@@H]2C)nc(N2CCOC[C@@H]2C)n1. The average Bonchev–Trinajstić information content (AvgIpc) is 2.79. The maximum absolute atomic E-state index is 13.0. The molecule has 0 saturated carbocycles. The van der Waals surface area contributed by atoms with E-state index in [1.54, 1.807) is 25.3 Å². The lowest BCUT2D eigenvalue weighted by Crippen LogP contribution is -2.46. The third-order valence-corrected chi connectivity index (χ3v) is 5.58. The lowest BCUT2D eigenvalue weighted by atomic mass is 10.2. The molecular formula is C22H29N5O4. The highest BCUT2D eigenvalue weighted by Gasteiger charge is 2.26. The Balaban J connectivity index is 1.68. The van der Waals surface area contributed by atoms with Crippen molar-refractivity contribution >= 4 is 23.5 Å². The smallest absolute Gasteiger partial charge is 0.260 e. The Morgan fingerprint density at radius 3 is 2.42 bits per heavy atom. The number of para-hydroxylation sites is 1. The molecule has 0 unspecified atom stereocenters. The minimum atomic E-state index is -0.280. The van der Waals surface area contributed by atoms with Gasteiger partial charge in [0.2, 0.25) is 5.95 Å². The second kappa shape index (κ2) is 9.49. The van der Waals surface area contributed by atoms with E-state index >= 15 is 0 Å². The zero-order chi connectivity index (χ0) is 21.8. The van der Waals surface area contributed by atoms with Crippen molar-refractivity contribution in [2.75, 3.05) is 61.7 Å². The van der Waals surface area contributed by atoms with Crippen LogP contribution in [0.4, 0.5) is 17.6 Å². The van der Waals surface area contributed by atoms with Gasteiger partial charge in [0.05, 0.1) is 51.2 Å². The van der Waals surface area contributed by atoms with E-state index in [1.807, 2.05) is 12.1 Å². The maximum Gasteiger partial charge on any atom is 0.260 e. The number of ether oxygens (including phenoxy) is 3. The van der Waals surface area contributed by atoms with Gasteiger partial charge in [-0.3, -0.25) is 4.79 Å². The monoisotopic (exact) mass is 427 g/mol. The van der Waals surface area contributed by atoms with Gasteiger partial charge in [0, 0.05) is 19.2 Å². The number of carbonyl (C=O) groups excluding carboxylic acids is 1. The number of nitrogens with zero attached hydrogens (tertiary/aromatic N) is 4. The third kappa shape index (κ3) is 4.72. The van der Waals surface area contributed by atoms with Gasteiger partial charge in [-0.1, -0.05) is 12.1 Å². The molecule has 31 heavy (non-hydrogen) atoms. The molecule has 0 aliphatic carbocycles. The summed E-state index contributed by atoms with van der Waals surface area (Å²) in [6.45, 7) is 8.13. The number of anilines is 3. The fourth-order valence-electron chi connectivity index (χ4n) is 3.87. The number of amides is 1. The first-order valence-electron chi connectivity index (χ1n) is 10.6. The summed E-state index contributed by atoms with van der Waals surface area (Å²) in [4.78, 5) is 26.8. The first kappa shape index (κ1) is 21.3. The Labute approximate surface area is 182 Å². The molecule has 0 spiro atoms. The Bertz CT molecular complexity index is 884. The maximum atomic E-state index is 13.0. The van der Waals surface area contributed by atoms with Crippen molar-refractivity contribution in [3.05, 3.63) is 35.9 Å². The molecule has 1 N–H and O–H groups in total. The average molecular weight is 428 g/mol. The summed E-state index contributed by atoms with van der Waals surface area (Å²) in [6.07, 6.45) is 0. The Morgan fingerprint density at radius 1 is 1.06 bits per heavy atom. The predicted octanol–water partition coefficient (Wildman–Crippen LogP) is 2.19. The van der Waals surface area contributed by atoms with E-state index in [9.17, 15) is 4.79 Å². The molecule has 4 rings (SSSR count). The molecule has 166 valence electrons. The van der Waals surface area contributed by atoms with Crippen molar-refractivity contribution in [2.24, 2.45) is 0 Å². The zero-order valence-corrected chi connectivity index (χ0v) is 18.2. The molecule has 2 fully saturated rings. The van der Waals surface area contributed by atoms with E-state index in [0.717, 1.165) is 12.4 Å². The second-order valence-electron chi connectivity index (χ2n) is 7.80. The number of hydrogen-bond donors (Lipinski definition) is 1. The Morgan fingerprint density at radius 2 is 1.74 bits per heavy atom. The van der Waals surface area contributed by atoms with E-state index in [4.69, 9.17) is 19.2 Å². The first-order valence-corrected chi connectivity index (χ1v) is 10.6. The minimum Gasteiger partial charge on any atom is -0.496 e. The molecule has 2 aromatic rings. The molecule has 3 heterocycles. The highest BCUT2D eigenvalue weighted by Crippen LogP contribution is 2.26. The summed E-state index contributed by atoms with van der Waals surface area (Å²) >= 11 is 0. The van der Waals surface area contributed by atoms with Crippen LogP contribution in [0.15, 0.2) is 30.3 Å². The van der Waals surface area contributed by atoms with Crippen molar-refractivity contribution < 1.29 is 19.0 Å². The van der Waals surface area contributed by atoms with Crippen LogP contribution in [-0.4, -0.2) is 74.6 Å². The van der Waals surface area contributed by atoms with Gasteiger partial charge in [0.25, 0.3) is 5.91 Å². The standard InChI is InChI=1S/C22H29N5O4/c1-15-13-30-10-8-26(15)20-12-19(23-21(28)17-6-4-5-7-18(17)29-3)24-22(25-20)27-9-11-31-14-16(27)2/h4-7,12,15-16H,8-11,13-14H2,1-3H3,(H,23,24,25,28)/t15-,16-/m0/s1. The van der Waals surface area contributed by atoms with Crippen molar-refractivity contribution in [3.63, 3.8) is 0 Å². The predicted molar refractivity (Wildman–Crippen MR) is 118 cm³/mol. The Kier molecular flexibility index (Phi) is 6.53. The van der Waals surface area contributed by atoms with Crippen molar-refractivity contribution in [1.82, 2.24) is 9.97 Å². The van der Waals surface area contributed by atoms with Gasteiger partial charge in [-0.2, -0.15) is 9.97 Å². The van der Waals surface area contributed by atoms with Gasteiger partial charge < -0.3 is 29.3 Å². The summed E-state index contributed by atoms with van der Waals surface area (Å²) in [6, 6.07) is 9.26.